The molecular formula is C13H11N3S. The Balaban J connectivity index is 2.03. The molecule has 1 aromatic heterocycles. The monoisotopic (exact) mass is 241 g/mol. The van der Waals surface area contributed by atoms with Crippen molar-refractivity contribution in [1.82, 2.24) is 4.98 Å². The third-order valence-corrected chi connectivity index (χ3v) is 4.02. The molecule has 1 N–H and O–H groups in total. The van der Waals surface area contributed by atoms with Gasteiger partial charge < -0.3 is 4.98 Å². The number of thioether (sulfide) groups is 1. The van der Waals surface area contributed by atoms with Gasteiger partial charge in [0.15, 0.2) is 0 Å². The predicted molar refractivity (Wildman–Crippen MR) is 71.4 cm³/mol. The molecule has 0 radical (unpaired) electrons. The van der Waals surface area contributed by atoms with Gasteiger partial charge in [0.05, 0.1) is 18.3 Å². The Morgan fingerprint density at radius 3 is 3.12 bits per heavy atom. The van der Waals surface area contributed by atoms with Crippen LogP contribution in [0.15, 0.2) is 29.3 Å². The van der Waals surface area contributed by atoms with Gasteiger partial charge in [-0.3, -0.25) is 4.99 Å². The number of hydrogen-bond donors (Lipinski definition) is 1. The Hall–Kier alpha value is -1.73. The Kier molecular flexibility index (Phi) is 2.41. The first-order chi connectivity index (χ1) is 8.28. The van der Waals surface area contributed by atoms with Crippen LogP contribution in [-0.2, 0) is 0 Å². The van der Waals surface area contributed by atoms with Crippen molar-refractivity contribution < 1.29 is 0 Å². The zero-order valence-electron chi connectivity index (χ0n) is 9.40. The van der Waals surface area contributed by atoms with Crippen LogP contribution < -0.4 is 0 Å². The molecule has 0 spiro atoms. The molecule has 1 aliphatic heterocycles. The molecule has 1 aromatic carbocycles. The first kappa shape index (κ1) is 10.4. The summed E-state index contributed by atoms with van der Waals surface area (Å²) in [6.45, 7) is 2.70. The maximum atomic E-state index is 8.86. The van der Waals surface area contributed by atoms with Crippen molar-refractivity contribution in [1.29, 1.82) is 5.26 Å². The van der Waals surface area contributed by atoms with E-state index in [1.165, 1.54) is 10.9 Å². The Morgan fingerprint density at radius 2 is 2.41 bits per heavy atom. The van der Waals surface area contributed by atoms with Gasteiger partial charge >= 0.3 is 0 Å². The minimum atomic E-state index is -0.0301. The second-order valence-electron chi connectivity index (χ2n) is 4.10. The Morgan fingerprint density at radius 1 is 1.53 bits per heavy atom. The first-order valence-electron chi connectivity index (χ1n) is 5.47. The molecule has 17 heavy (non-hydrogen) atoms. The van der Waals surface area contributed by atoms with Gasteiger partial charge in [-0.05, 0) is 24.6 Å². The average molecular weight is 241 g/mol. The normalized spacial score (nSPS) is 19.3. The molecule has 1 aliphatic rings. The highest BCUT2D eigenvalue weighted by atomic mass is 32.2. The van der Waals surface area contributed by atoms with Crippen molar-refractivity contribution in [2.24, 2.45) is 4.99 Å². The summed E-state index contributed by atoms with van der Waals surface area (Å²) in [5.74, 6) is 0. The molecule has 4 heteroatoms. The molecule has 2 heterocycles. The fourth-order valence-corrected chi connectivity index (χ4v) is 2.87. The van der Waals surface area contributed by atoms with E-state index in [0.717, 1.165) is 16.3 Å². The standard InChI is InChI=1S/C13H11N3S/c1-8-3-2-4-11-10(8)5-12(16-11)13-15-7-9(6-14)17-13/h2-5,9,16H,7H2,1H3. The second kappa shape index (κ2) is 3.94. The SMILES string of the molecule is Cc1cccc2[nH]c(C3=NCC(C#N)S3)cc12. The number of aromatic nitrogens is 1. The van der Waals surface area contributed by atoms with E-state index in [-0.39, 0.29) is 5.25 Å². The van der Waals surface area contributed by atoms with Crippen LogP contribution in [0.3, 0.4) is 0 Å². The molecule has 1 atom stereocenters. The lowest BCUT2D eigenvalue weighted by atomic mass is 10.1. The summed E-state index contributed by atoms with van der Waals surface area (Å²) in [7, 11) is 0. The summed E-state index contributed by atoms with van der Waals surface area (Å²) in [5.41, 5.74) is 3.41. The van der Waals surface area contributed by atoms with Crippen LogP contribution in [0.1, 0.15) is 11.3 Å². The van der Waals surface area contributed by atoms with Crippen molar-refractivity contribution in [3.63, 3.8) is 0 Å². The van der Waals surface area contributed by atoms with E-state index in [0.29, 0.717) is 6.54 Å². The van der Waals surface area contributed by atoms with Gasteiger partial charge in [0.25, 0.3) is 0 Å². The number of nitrogens with zero attached hydrogens (tertiary/aromatic N) is 2. The van der Waals surface area contributed by atoms with Gasteiger partial charge in [0, 0.05) is 10.9 Å². The molecule has 84 valence electrons. The third kappa shape index (κ3) is 1.73. The molecule has 0 bridgehead atoms. The minimum absolute atomic E-state index is 0.0301. The number of nitriles is 1. The van der Waals surface area contributed by atoms with Crippen molar-refractivity contribution in [3.05, 3.63) is 35.5 Å². The lowest BCUT2D eigenvalue weighted by Crippen LogP contribution is -1.98. The van der Waals surface area contributed by atoms with E-state index in [1.54, 1.807) is 11.8 Å². The Labute approximate surface area is 104 Å². The number of rotatable bonds is 1. The smallest absolute Gasteiger partial charge is 0.117 e. The number of benzene rings is 1. The van der Waals surface area contributed by atoms with Crippen LogP contribution in [0.25, 0.3) is 10.9 Å². The molecule has 0 saturated carbocycles. The van der Waals surface area contributed by atoms with Crippen LogP contribution in [0, 0.1) is 18.3 Å². The van der Waals surface area contributed by atoms with Gasteiger partial charge in [0.1, 0.15) is 10.3 Å². The highest BCUT2D eigenvalue weighted by Crippen LogP contribution is 2.27. The number of nitrogens with one attached hydrogen (secondary N) is 1. The van der Waals surface area contributed by atoms with Crippen molar-refractivity contribution >= 4 is 27.7 Å². The average Bonchev–Trinajstić information content (AvgIpc) is 2.95. The maximum absolute atomic E-state index is 8.86. The van der Waals surface area contributed by atoms with Crippen LogP contribution in [0.4, 0.5) is 0 Å². The van der Waals surface area contributed by atoms with E-state index in [9.17, 15) is 0 Å². The lowest BCUT2D eigenvalue weighted by molar-refractivity contribution is 1.06. The number of H-pyrrole nitrogens is 1. The zero-order valence-corrected chi connectivity index (χ0v) is 10.2. The topological polar surface area (TPSA) is 51.9 Å². The summed E-state index contributed by atoms with van der Waals surface area (Å²) in [6.07, 6.45) is 0. The molecule has 3 nitrogen and oxygen atoms in total. The van der Waals surface area contributed by atoms with Crippen molar-refractivity contribution in [2.75, 3.05) is 6.54 Å². The summed E-state index contributed by atoms with van der Waals surface area (Å²) in [5, 5.41) is 11.0. The van der Waals surface area contributed by atoms with Gasteiger partial charge in [0.2, 0.25) is 0 Å². The summed E-state index contributed by atoms with van der Waals surface area (Å²) in [6, 6.07) is 10.6. The molecule has 0 amide bonds. The van der Waals surface area contributed by atoms with Crippen LogP contribution in [-0.4, -0.2) is 21.8 Å². The third-order valence-electron chi connectivity index (χ3n) is 2.91. The first-order valence-corrected chi connectivity index (χ1v) is 6.35. The maximum Gasteiger partial charge on any atom is 0.117 e. The lowest BCUT2D eigenvalue weighted by Gasteiger charge is -1.95. The molecule has 3 rings (SSSR count). The highest BCUT2D eigenvalue weighted by Gasteiger charge is 2.21. The van der Waals surface area contributed by atoms with E-state index in [1.807, 2.05) is 6.07 Å². The van der Waals surface area contributed by atoms with Gasteiger partial charge in [-0.1, -0.05) is 23.9 Å². The summed E-state index contributed by atoms with van der Waals surface area (Å²) >= 11 is 1.54. The molecule has 1 unspecified atom stereocenters. The number of aryl methyl sites for hydroxylation is 1. The molecule has 0 saturated heterocycles. The molecular weight excluding hydrogens is 230 g/mol. The number of aliphatic imine (C=N–C) groups is 1. The van der Waals surface area contributed by atoms with Crippen LogP contribution in [0.2, 0.25) is 0 Å². The van der Waals surface area contributed by atoms with Crippen molar-refractivity contribution in [3.8, 4) is 6.07 Å². The number of aromatic amines is 1. The van der Waals surface area contributed by atoms with E-state index in [4.69, 9.17) is 5.26 Å². The zero-order chi connectivity index (χ0) is 11.8. The van der Waals surface area contributed by atoms with Crippen molar-refractivity contribution in [2.45, 2.75) is 12.2 Å². The fourth-order valence-electron chi connectivity index (χ4n) is 2.01. The predicted octanol–water partition coefficient (Wildman–Crippen LogP) is 2.86. The summed E-state index contributed by atoms with van der Waals surface area (Å²) < 4.78 is 0. The molecule has 0 aliphatic carbocycles. The van der Waals surface area contributed by atoms with Crippen LogP contribution >= 0.6 is 11.8 Å². The van der Waals surface area contributed by atoms with E-state index in [2.05, 4.69) is 41.2 Å². The van der Waals surface area contributed by atoms with E-state index < -0.39 is 0 Å². The fraction of sp³-hybridized carbons (Fsp3) is 0.231. The minimum Gasteiger partial charge on any atom is -0.353 e. The number of fused-ring (bicyclic) bond motifs is 1. The van der Waals surface area contributed by atoms with E-state index >= 15 is 0 Å². The second-order valence-corrected chi connectivity index (χ2v) is 5.29. The molecule has 2 aromatic rings. The summed E-state index contributed by atoms with van der Waals surface area (Å²) in [4.78, 5) is 7.77. The quantitative estimate of drug-likeness (QED) is 0.834. The molecule has 0 fully saturated rings. The highest BCUT2D eigenvalue weighted by molar-refractivity contribution is 8.15. The largest absolute Gasteiger partial charge is 0.353 e. The Bertz CT molecular complexity index is 648. The van der Waals surface area contributed by atoms with Crippen LogP contribution in [0.5, 0.6) is 0 Å². The van der Waals surface area contributed by atoms with Gasteiger partial charge in [-0.15, -0.1) is 0 Å². The number of hydrogen-bond acceptors (Lipinski definition) is 3. The van der Waals surface area contributed by atoms with Gasteiger partial charge in [-0.2, -0.15) is 5.26 Å². The van der Waals surface area contributed by atoms with Gasteiger partial charge in [-0.25, -0.2) is 0 Å².